The Labute approximate surface area is 181 Å². The minimum atomic E-state index is -0.205. The number of rotatable bonds is 5. The van der Waals surface area contributed by atoms with Gasteiger partial charge >= 0.3 is 0 Å². The third kappa shape index (κ3) is 6.45. The molecule has 0 aliphatic heterocycles. The molecule has 0 aromatic carbocycles. The lowest BCUT2D eigenvalue weighted by Crippen LogP contribution is -2.19. The van der Waals surface area contributed by atoms with E-state index in [0.29, 0.717) is 17.2 Å². The molecule has 0 fully saturated rings. The summed E-state index contributed by atoms with van der Waals surface area (Å²) >= 11 is 1.50. The van der Waals surface area contributed by atoms with Crippen LogP contribution in [0.3, 0.4) is 0 Å². The van der Waals surface area contributed by atoms with Gasteiger partial charge in [0.25, 0.3) is 5.91 Å². The molecule has 3 aromatic rings. The number of hydrogen-bond acceptors (Lipinski definition) is 7. The molecule has 7 nitrogen and oxygen atoms in total. The second-order valence-corrected chi connectivity index (χ2v) is 8.15. The summed E-state index contributed by atoms with van der Waals surface area (Å²) in [5.41, 5.74) is 2.25. The average Bonchev–Trinajstić information content (AvgIpc) is 3.13. The molecule has 8 heteroatoms. The molecule has 0 unspecified atom stereocenters. The highest BCUT2D eigenvalue weighted by atomic mass is 32.1. The monoisotopic (exact) mass is 425 g/mol. The molecule has 0 aliphatic rings. The molecule has 158 valence electrons. The van der Waals surface area contributed by atoms with E-state index in [1.807, 2.05) is 37.3 Å². The maximum Gasteiger partial charge on any atom is 0.271 e. The lowest BCUT2D eigenvalue weighted by atomic mass is 10.2. The van der Waals surface area contributed by atoms with Crippen LogP contribution < -0.4 is 10.6 Å². The van der Waals surface area contributed by atoms with Crippen LogP contribution in [-0.4, -0.2) is 33.7 Å². The number of pyridine rings is 2. The van der Waals surface area contributed by atoms with Crippen molar-refractivity contribution in [1.29, 1.82) is 0 Å². The summed E-state index contributed by atoms with van der Waals surface area (Å²) in [6.07, 6.45) is 1.75. The number of Topliss-reactive ketones (excluding diaryl/α,β-unsaturated/α-hetero) is 1. The van der Waals surface area contributed by atoms with E-state index in [1.54, 1.807) is 13.2 Å². The number of carbonyl (C=O) groups is 2. The predicted octanol–water partition coefficient (Wildman–Crippen LogP) is 4.73. The number of anilines is 2. The first-order chi connectivity index (χ1) is 14.2. The first-order valence-electron chi connectivity index (χ1n) is 9.58. The van der Waals surface area contributed by atoms with Crippen molar-refractivity contribution in [2.24, 2.45) is 0 Å². The van der Waals surface area contributed by atoms with E-state index in [4.69, 9.17) is 0 Å². The Morgan fingerprint density at radius 2 is 1.77 bits per heavy atom. The molecule has 0 atom stereocenters. The third-order valence-electron chi connectivity index (χ3n) is 3.73. The Hall–Kier alpha value is -3.13. The first-order valence-corrected chi connectivity index (χ1v) is 10.4. The fourth-order valence-electron chi connectivity index (χ4n) is 2.40. The van der Waals surface area contributed by atoms with Gasteiger partial charge in [0.05, 0.1) is 15.6 Å². The van der Waals surface area contributed by atoms with Crippen LogP contribution in [0.2, 0.25) is 0 Å². The van der Waals surface area contributed by atoms with E-state index in [9.17, 15) is 9.59 Å². The maximum absolute atomic E-state index is 12.2. The number of ketones is 1. The van der Waals surface area contributed by atoms with Gasteiger partial charge in [-0.15, -0.1) is 11.3 Å². The molecule has 2 N–H and O–H groups in total. The van der Waals surface area contributed by atoms with Gasteiger partial charge in [-0.05, 0) is 50.6 Å². The van der Waals surface area contributed by atoms with Crippen LogP contribution in [0.4, 0.5) is 11.6 Å². The minimum Gasteiger partial charge on any atom is -0.354 e. The summed E-state index contributed by atoms with van der Waals surface area (Å²) in [6, 6.07) is 9.56. The largest absolute Gasteiger partial charge is 0.354 e. The predicted molar refractivity (Wildman–Crippen MR) is 121 cm³/mol. The van der Waals surface area contributed by atoms with Crippen molar-refractivity contribution >= 4 is 34.7 Å². The molecule has 3 aromatic heterocycles. The van der Waals surface area contributed by atoms with Gasteiger partial charge in [-0.25, -0.2) is 15.0 Å². The number of amides is 1. The summed E-state index contributed by atoms with van der Waals surface area (Å²) < 4.78 is 0. The Kier molecular flexibility index (Phi) is 8.17. The second kappa shape index (κ2) is 10.6. The Morgan fingerprint density at radius 1 is 1.07 bits per heavy atom. The number of nitrogens with one attached hydrogen (secondary N) is 2. The van der Waals surface area contributed by atoms with Crippen molar-refractivity contribution in [1.82, 2.24) is 20.3 Å². The van der Waals surface area contributed by atoms with Crippen molar-refractivity contribution in [2.45, 2.75) is 40.5 Å². The molecule has 0 bridgehead atoms. The second-order valence-electron chi connectivity index (χ2n) is 7.12. The topological polar surface area (TPSA) is 96.9 Å². The van der Waals surface area contributed by atoms with E-state index in [1.165, 1.54) is 25.2 Å². The van der Waals surface area contributed by atoms with E-state index in [2.05, 4.69) is 39.4 Å². The Bertz CT molecular complexity index is 1030. The van der Waals surface area contributed by atoms with Crippen molar-refractivity contribution in [3.05, 3.63) is 52.8 Å². The fourth-order valence-corrected chi connectivity index (χ4v) is 3.43. The summed E-state index contributed by atoms with van der Waals surface area (Å²) in [7, 11) is 1.61. The number of nitrogens with zero attached hydrogens (tertiary/aromatic N) is 3. The van der Waals surface area contributed by atoms with E-state index < -0.39 is 0 Å². The number of aryl methyl sites for hydroxylation is 1. The van der Waals surface area contributed by atoms with Crippen LogP contribution in [0.25, 0.3) is 10.6 Å². The molecule has 0 saturated heterocycles. The van der Waals surface area contributed by atoms with Gasteiger partial charge in [0.2, 0.25) is 0 Å². The summed E-state index contributed by atoms with van der Waals surface area (Å²) in [6.45, 7) is 9.19. The molecule has 3 rings (SSSR count). The van der Waals surface area contributed by atoms with Crippen LogP contribution >= 0.6 is 11.3 Å². The first kappa shape index (κ1) is 23.2. The van der Waals surface area contributed by atoms with Crippen molar-refractivity contribution < 1.29 is 9.59 Å². The summed E-state index contributed by atoms with van der Waals surface area (Å²) in [5, 5.41) is 6.78. The number of hydrogen-bond donors (Lipinski definition) is 2. The van der Waals surface area contributed by atoms with Crippen molar-refractivity contribution in [3.63, 3.8) is 0 Å². The van der Waals surface area contributed by atoms with Crippen molar-refractivity contribution in [2.75, 3.05) is 12.4 Å². The zero-order valence-electron chi connectivity index (χ0n) is 18.1. The molecule has 30 heavy (non-hydrogen) atoms. The normalized spacial score (nSPS) is 10.2. The standard InChI is InChI=1S/C19H21N5OS.C3H6O/c1-11(2)19-24-16(18(25)20-4)17(26-19)13-6-5-7-14(22-13)23-15-10-12(3)8-9-21-15;1-3(2)4/h5-11H,1-4H3,(H,20,25)(H,21,22,23);1-2H3. The molecule has 0 aliphatic carbocycles. The molecule has 0 spiro atoms. The molecular weight excluding hydrogens is 398 g/mol. The third-order valence-corrected chi connectivity index (χ3v) is 5.11. The van der Waals surface area contributed by atoms with Gasteiger partial charge in [0.1, 0.15) is 23.1 Å². The smallest absolute Gasteiger partial charge is 0.271 e. The van der Waals surface area contributed by atoms with Gasteiger partial charge in [-0.3, -0.25) is 4.79 Å². The number of thiazole rings is 1. The van der Waals surface area contributed by atoms with Crippen molar-refractivity contribution in [3.8, 4) is 10.6 Å². The fraction of sp³-hybridized carbons (Fsp3) is 0.318. The van der Waals surface area contributed by atoms with E-state index >= 15 is 0 Å². The van der Waals surface area contributed by atoms with Gasteiger partial charge in [0, 0.05) is 19.2 Å². The minimum absolute atomic E-state index is 0.167. The zero-order chi connectivity index (χ0) is 22.3. The number of carbonyl (C=O) groups excluding carboxylic acids is 2. The van der Waals surface area contributed by atoms with Crippen LogP contribution in [0.1, 0.15) is 54.7 Å². The molecule has 0 saturated carbocycles. The van der Waals surface area contributed by atoms with Gasteiger partial charge in [-0.1, -0.05) is 19.9 Å². The average molecular weight is 426 g/mol. The number of aromatic nitrogens is 3. The van der Waals surface area contributed by atoms with Gasteiger partial charge in [0.15, 0.2) is 0 Å². The summed E-state index contributed by atoms with van der Waals surface area (Å²) in [4.78, 5) is 35.9. The molecule has 3 heterocycles. The van der Waals surface area contributed by atoms with Crippen LogP contribution in [0, 0.1) is 6.92 Å². The molecular formula is C22H27N5O2S. The highest BCUT2D eigenvalue weighted by Gasteiger charge is 2.21. The maximum atomic E-state index is 12.2. The van der Waals surface area contributed by atoms with Gasteiger partial charge < -0.3 is 15.4 Å². The van der Waals surface area contributed by atoms with E-state index in [0.717, 1.165) is 21.3 Å². The lowest BCUT2D eigenvalue weighted by Gasteiger charge is -2.07. The van der Waals surface area contributed by atoms with Crippen LogP contribution in [-0.2, 0) is 4.79 Å². The molecule has 0 radical (unpaired) electrons. The van der Waals surface area contributed by atoms with E-state index in [-0.39, 0.29) is 17.6 Å². The van der Waals surface area contributed by atoms with Gasteiger partial charge in [-0.2, -0.15) is 0 Å². The van der Waals surface area contributed by atoms with Crippen LogP contribution in [0.15, 0.2) is 36.5 Å². The summed E-state index contributed by atoms with van der Waals surface area (Å²) in [5.74, 6) is 1.61. The quantitative estimate of drug-likeness (QED) is 0.613. The highest BCUT2D eigenvalue weighted by Crippen LogP contribution is 2.33. The zero-order valence-corrected chi connectivity index (χ0v) is 18.9. The highest BCUT2D eigenvalue weighted by molar-refractivity contribution is 7.15. The van der Waals surface area contributed by atoms with Crippen LogP contribution in [0.5, 0.6) is 0 Å². The Balaban J connectivity index is 0.000000735. The Morgan fingerprint density at radius 3 is 2.37 bits per heavy atom. The lowest BCUT2D eigenvalue weighted by molar-refractivity contribution is -0.115. The SMILES string of the molecule is CC(C)=O.CNC(=O)c1nc(C(C)C)sc1-c1cccc(Nc2cc(C)ccn2)n1. The molecule has 1 amide bonds.